The molecule has 0 aliphatic carbocycles. The molecule has 84 valence electrons. The quantitative estimate of drug-likeness (QED) is 0.496. The third-order valence-electron chi connectivity index (χ3n) is 2.17. The second kappa shape index (κ2) is 12.8. The Bertz CT molecular complexity index is 161. The first-order valence-corrected chi connectivity index (χ1v) is 5.34. The Kier molecular flexibility index (Phi) is 15.5. The van der Waals surface area contributed by atoms with Crippen molar-refractivity contribution in [2.75, 3.05) is 0 Å². The molecule has 0 saturated heterocycles. The van der Waals surface area contributed by atoms with Crippen molar-refractivity contribution in [2.45, 2.75) is 58.3 Å². The molecule has 0 rings (SSSR count). The van der Waals surface area contributed by atoms with Gasteiger partial charge in [-0.15, -0.1) is 0 Å². The van der Waals surface area contributed by atoms with Crippen LogP contribution in [0.2, 0.25) is 0 Å². The predicted octanol–water partition coefficient (Wildman–Crippen LogP) is 2.13. The van der Waals surface area contributed by atoms with Crippen LogP contribution in [0.1, 0.15) is 58.3 Å². The van der Waals surface area contributed by atoms with E-state index in [2.05, 4.69) is 0 Å². The Morgan fingerprint density at radius 2 is 1.27 bits per heavy atom. The van der Waals surface area contributed by atoms with Gasteiger partial charge in [0.25, 0.3) is 0 Å². The van der Waals surface area contributed by atoms with Crippen molar-refractivity contribution in [3.05, 3.63) is 0 Å². The van der Waals surface area contributed by atoms with Crippen LogP contribution in [-0.2, 0) is 9.59 Å². The van der Waals surface area contributed by atoms with Gasteiger partial charge in [0.1, 0.15) is 5.78 Å². The molecule has 4 heteroatoms. The minimum atomic E-state index is -0.707. The first kappa shape index (κ1) is 18.1. The van der Waals surface area contributed by atoms with E-state index < -0.39 is 5.97 Å². The molecule has 0 aromatic heterocycles. The molecule has 0 unspecified atom stereocenters. The summed E-state index contributed by atoms with van der Waals surface area (Å²) in [5, 5.41) is 8.38. The van der Waals surface area contributed by atoms with E-state index in [1.165, 1.54) is 0 Å². The van der Waals surface area contributed by atoms with Gasteiger partial charge in [-0.1, -0.05) is 25.7 Å². The molecule has 15 heavy (non-hydrogen) atoms. The van der Waals surface area contributed by atoms with Crippen LogP contribution in [0.5, 0.6) is 0 Å². The Balaban J connectivity index is 0. The van der Waals surface area contributed by atoms with E-state index in [0.717, 1.165) is 38.5 Å². The van der Waals surface area contributed by atoms with Crippen LogP contribution in [0.15, 0.2) is 0 Å². The molecular weight excluding hydrogens is 219 g/mol. The predicted molar refractivity (Wildman–Crippen MR) is 62.4 cm³/mol. The molecule has 0 amide bonds. The van der Waals surface area contributed by atoms with Gasteiger partial charge in [-0.25, -0.2) is 0 Å². The van der Waals surface area contributed by atoms with E-state index in [0.29, 0.717) is 6.42 Å². The Morgan fingerprint density at radius 3 is 1.67 bits per heavy atom. The first-order chi connectivity index (χ1) is 6.63. The molecule has 0 aromatic carbocycles. The van der Waals surface area contributed by atoms with Crippen LogP contribution in [-0.4, -0.2) is 68.2 Å². The summed E-state index contributed by atoms with van der Waals surface area (Å²) in [5.74, 6) is -0.447. The number of carboxylic acid groups (broad SMARTS) is 1. The topological polar surface area (TPSA) is 54.4 Å². The first-order valence-electron chi connectivity index (χ1n) is 5.34. The van der Waals surface area contributed by atoms with Gasteiger partial charge >= 0.3 is 57.4 Å². The van der Waals surface area contributed by atoms with Gasteiger partial charge < -0.3 is 9.90 Å². The molecule has 0 bridgehead atoms. The van der Waals surface area contributed by atoms with Crippen molar-refractivity contribution >= 4 is 63.1 Å². The van der Waals surface area contributed by atoms with Crippen LogP contribution in [0.4, 0.5) is 0 Å². The Labute approximate surface area is 134 Å². The summed E-state index contributed by atoms with van der Waals surface area (Å²) < 4.78 is 0. The number of carbonyl (C=O) groups excluding carboxylic acids is 1. The molecule has 0 aliphatic heterocycles. The second-order valence-electron chi connectivity index (χ2n) is 3.72. The van der Waals surface area contributed by atoms with Crippen LogP contribution >= 0.6 is 0 Å². The zero-order chi connectivity index (χ0) is 10.8. The summed E-state index contributed by atoms with van der Waals surface area (Å²) >= 11 is 0. The third kappa shape index (κ3) is 17.4. The molecule has 0 radical (unpaired) electrons. The van der Waals surface area contributed by atoms with Crippen LogP contribution < -0.4 is 0 Å². The van der Waals surface area contributed by atoms with E-state index in [9.17, 15) is 9.59 Å². The molecule has 0 atom stereocenters. The number of Topliss-reactive ketones (excluding diaryl/α,β-unsaturated/α-hetero) is 1. The summed E-state index contributed by atoms with van der Waals surface area (Å²) in [6.07, 6.45) is 7.02. The van der Waals surface area contributed by atoms with Crippen LogP contribution in [0.3, 0.4) is 0 Å². The SMILES string of the molecule is CC(=O)CCCCCCCCC(=O)O.[KH]. The van der Waals surface area contributed by atoms with Crippen molar-refractivity contribution in [3.8, 4) is 0 Å². The zero-order valence-electron chi connectivity index (χ0n) is 8.92. The summed E-state index contributed by atoms with van der Waals surface area (Å²) in [7, 11) is 0. The minimum absolute atomic E-state index is 0. The van der Waals surface area contributed by atoms with Gasteiger partial charge in [-0.3, -0.25) is 4.79 Å². The molecule has 0 fully saturated rings. The molecule has 0 aliphatic rings. The van der Waals surface area contributed by atoms with Crippen LogP contribution in [0.25, 0.3) is 0 Å². The summed E-state index contributed by atoms with van der Waals surface area (Å²) in [6, 6.07) is 0. The average molecular weight is 240 g/mol. The molecule has 0 saturated carbocycles. The summed E-state index contributed by atoms with van der Waals surface area (Å²) in [5.41, 5.74) is 0. The zero-order valence-corrected chi connectivity index (χ0v) is 8.92. The van der Waals surface area contributed by atoms with E-state index in [1.54, 1.807) is 6.92 Å². The fraction of sp³-hybridized carbons (Fsp3) is 0.818. The second-order valence-corrected chi connectivity index (χ2v) is 3.72. The van der Waals surface area contributed by atoms with Crippen molar-refractivity contribution in [1.82, 2.24) is 0 Å². The van der Waals surface area contributed by atoms with E-state index >= 15 is 0 Å². The van der Waals surface area contributed by atoms with E-state index in [-0.39, 0.29) is 63.6 Å². The van der Waals surface area contributed by atoms with Gasteiger partial charge in [-0.05, 0) is 19.8 Å². The average Bonchev–Trinajstić information content (AvgIpc) is 2.08. The monoisotopic (exact) mass is 240 g/mol. The summed E-state index contributed by atoms with van der Waals surface area (Å²) in [4.78, 5) is 20.8. The molecule has 0 aromatic rings. The normalized spacial score (nSPS) is 9.40. The number of aliphatic carboxylic acids is 1. The fourth-order valence-electron chi connectivity index (χ4n) is 1.36. The van der Waals surface area contributed by atoms with Crippen LogP contribution in [0, 0.1) is 0 Å². The fourth-order valence-corrected chi connectivity index (χ4v) is 1.36. The van der Waals surface area contributed by atoms with Crippen molar-refractivity contribution in [3.63, 3.8) is 0 Å². The Hall–Kier alpha value is 0.776. The van der Waals surface area contributed by atoms with Gasteiger partial charge in [0.2, 0.25) is 0 Å². The number of ketones is 1. The van der Waals surface area contributed by atoms with E-state index in [4.69, 9.17) is 5.11 Å². The number of hydrogen-bond donors (Lipinski definition) is 1. The molecule has 3 nitrogen and oxygen atoms in total. The van der Waals surface area contributed by atoms with Crippen molar-refractivity contribution < 1.29 is 14.7 Å². The number of unbranched alkanes of at least 4 members (excludes halogenated alkanes) is 5. The van der Waals surface area contributed by atoms with Gasteiger partial charge in [0.05, 0.1) is 0 Å². The maximum absolute atomic E-state index is 10.6. The third-order valence-corrected chi connectivity index (χ3v) is 2.17. The molecular formula is C11H21KO3. The molecule has 1 N–H and O–H groups in total. The maximum atomic E-state index is 10.6. The number of carbonyl (C=O) groups is 2. The van der Waals surface area contributed by atoms with Gasteiger partial charge in [0.15, 0.2) is 0 Å². The van der Waals surface area contributed by atoms with E-state index in [1.807, 2.05) is 0 Å². The van der Waals surface area contributed by atoms with Crippen molar-refractivity contribution in [2.24, 2.45) is 0 Å². The van der Waals surface area contributed by atoms with Gasteiger partial charge in [0, 0.05) is 12.8 Å². The standard InChI is InChI=1S/C11H20O3.K.H/c1-10(12)8-6-4-2-3-5-7-9-11(13)14;;/h2-9H2,1H3,(H,13,14);;. The van der Waals surface area contributed by atoms with Crippen molar-refractivity contribution in [1.29, 1.82) is 0 Å². The number of carboxylic acids is 1. The molecule has 0 spiro atoms. The summed E-state index contributed by atoms with van der Waals surface area (Å²) in [6.45, 7) is 1.62. The number of rotatable bonds is 9. The molecule has 0 heterocycles. The van der Waals surface area contributed by atoms with Gasteiger partial charge in [-0.2, -0.15) is 0 Å². The Morgan fingerprint density at radius 1 is 0.867 bits per heavy atom. The number of hydrogen-bond acceptors (Lipinski definition) is 2.